The molecule has 0 aliphatic carbocycles. The van der Waals surface area contributed by atoms with Gasteiger partial charge in [0.25, 0.3) is 0 Å². The van der Waals surface area contributed by atoms with E-state index in [0.29, 0.717) is 17.8 Å². The van der Waals surface area contributed by atoms with Gasteiger partial charge < -0.3 is 10.4 Å². The van der Waals surface area contributed by atoms with Gasteiger partial charge in [-0.1, -0.05) is 6.07 Å². The van der Waals surface area contributed by atoms with E-state index in [1.165, 1.54) is 0 Å². The predicted molar refractivity (Wildman–Crippen MR) is 101 cm³/mol. The second kappa shape index (κ2) is 8.26. The number of nitrogens with zero attached hydrogens (tertiary/aromatic N) is 3. The van der Waals surface area contributed by atoms with Crippen LogP contribution < -0.4 is 5.32 Å². The largest absolute Gasteiger partial charge is 0.481 e. The van der Waals surface area contributed by atoms with Crippen LogP contribution in [0.15, 0.2) is 48.8 Å². The highest BCUT2D eigenvalue weighted by Crippen LogP contribution is 2.29. The normalized spacial score (nSPS) is 11.3. The van der Waals surface area contributed by atoms with Crippen molar-refractivity contribution in [1.29, 1.82) is 0 Å². The topological polar surface area (TPSA) is 88.0 Å². The molecule has 1 aromatic carbocycles. The Morgan fingerprint density at radius 2 is 1.83 bits per heavy atom. The van der Waals surface area contributed by atoms with Crippen molar-refractivity contribution < 1.29 is 23.1 Å². The van der Waals surface area contributed by atoms with Crippen LogP contribution in [0.2, 0.25) is 0 Å². The number of carboxylic acids is 1. The fourth-order valence-electron chi connectivity index (χ4n) is 2.76. The van der Waals surface area contributed by atoms with Gasteiger partial charge in [-0.2, -0.15) is 13.2 Å². The van der Waals surface area contributed by atoms with Crippen molar-refractivity contribution in [3.63, 3.8) is 0 Å². The number of aromatic nitrogens is 3. The molecule has 0 fully saturated rings. The maximum atomic E-state index is 12.8. The summed E-state index contributed by atoms with van der Waals surface area (Å²) >= 11 is 0. The van der Waals surface area contributed by atoms with Crippen molar-refractivity contribution in [2.75, 3.05) is 5.32 Å². The highest BCUT2D eigenvalue weighted by atomic mass is 19.4. The molecular formula is C20H17F3N4O2. The fourth-order valence-corrected chi connectivity index (χ4v) is 2.76. The number of aryl methyl sites for hydroxylation is 2. The van der Waals surface area contributed by atoms with Gasteiger partial charge in [-0.3, -0.25) is 9.78 Å². The molecule has 2 N–H and O–H groups in total. The summed E-state index contributed by atoms with van der Waals surface area (Å²) in [7, 11) is 0. The number of benzene rings is 1. The number of alkyl halides is 3. The van der Waals surface area contributed by atoms with Crippen molar-refractivity contribution in [1.82, 2.24) is 15.0 Å². The molecule has 0 unspecified atom stereocenters. The molecule has 0 aliphatic rings. The molecule has 2 aromatic heterocycles. The first kappa shape index (κ1) is 20.2. The van der Waals surface area contributed by atoms with E-state index >= 15 is 0 Å². The number of anilines is 2. The Labute approximate surface area is 164 Å². The van der Waals surface area contributed by atoms with E-state index in [1.54, 1.807) is 30.5 Å². The lowest BCUT2D eigenvalue weighted by Gasteiger charge is -2.11. The van der Waals surface area contributed by atoms with Crippen LogP contribution in [0.4, 0.5) is 24.8 Å². The Kier molecular flexibility index (Phi) is 5.76. The average Bonchev–Trinajstić information content (AvgIpc) is 2.66. The third-order valence-corrected chi connectivity index (χ3v) is 4.02. The van der Waals surface area contributed by atoms with Crippen molar-refractivity contribution in [3.05, 3.63) is 65.7 Å². The molecule has 29 heavy (non-hydrogen) atoms. The summed E-state index contributed by atoms with van der Waals surface area (Å²) in [6.07, 6.45) is -1.63. The minimum atomic E-state index is -4.56. The number of hydrogen-bond acceptors (Lipinski definition) is 5. The molecular weight excluding hydrogens is 385 g/mol. The van der Waals surface area contributed by atoms with Crippen molar-refractivity contribution >= 4 is 17.6 Å². The molecule has 0 bridgehead atoms. The van der Waals surface area contributed by atoms with Crippen molar-refractivity contribution in [2.45, 2.75) is 25.9 Å². The molecule has 3 rings (SSSR count). The van der Waals surface area contributed by atoms with Crippen LogP contribution in [-0.4, -0.2) is 26.0 Å². The third kappa shape index (κ3) is 5.50. The number of rotatable bonds is 6. The monoisotopic (exact) mass is 402 g/mol. The molecule has 0 amide bonds. The molecule has 0 aliphatic heterocycles. The van der Waals surface area contributed by atoms with Crippen LogP contribution in [-0.2, 0) is 17.4 Å². The van der Waals surface area contributed by atoms with Crippen LogP contribution in [0, 0.1) is 6.92 Å². The Morgan fingerprint density at radius 1 is 1.07 bits per heavy atom. The Balaban J connectivity index is 1.87. The standard InChI is InChI=1S/C20H17F3N4O2/c1-12-8-14(13-4-6-24-15(10-13)2-3-18(28)29)11-16(9-12)26-19-25-7-5-17(27-19)20(21,22)23/h4-11H,2-3H2,1H3,(H,28,29)(H,25,26,27). The summed E-state index contributed by atoms with van der Waals surface area (Å²) < 4.78 is 38.5. The quantitative estimate of drug-likeness (QED) is 0.625. The minimum absolute atomic E-state index is 0.0238. The third-order valence-electron chi connectivity index (χ3n) is 4.02. The number of carbonyl (C=O) groups is 1. The first-order chi connectivity index (χ1) is 13.7. The highest BCUT2D eigenvalue weighted by molar-refractivity contribution is 5.71. The van der Waals surface area contributed by atoms with Gasteiger partial charge in [-0.15, -0.1) is 0 Å². The molecule has 6 nitrogen and oxygen atoms in total. The van der Waals surface area contributed by atoms with Crippen LogP contribution >= 0.6 is 0 Å². The summed E-state index contributed by atoms with van der Waals surface area (Å²) in [4.78, 5) is 22.3. The van der Waals surface area contributed by atoms with Crippen molar-refractivity contribution in [2.24, 2.45) is 0 Å². The lowest BCUT2D eigenvalue weighted by molar-refractivity contribution is -0.141. The second-order valence-corrected chi connectivity index (χ2v) is 6.41. The molecule has 0 saturated heterocycles. The maximum absolute atomic E-state index is 12.8. The summed E-state index contributed by atoms with van der Waals surface area (Å²) in [5.74, 6) is -1.06. The lowest BCUT2D eigenvalue weighted by Crippen LogP contribution is -2.10. The molecule has 0 saturated carbocycles. The van der Waals surface area contributed by atoms with Crippen LogP contribution in [0.25, 0.3) is 11.1 Å². The summed E-state index contributed by atoms with van der Waals surface area (Å²) in [6.45, 7) is 1.86. The van der Waals surface area contributed by atoms with E-state index in [0.717, 1.165) is 29.0 Å². The molecule has 3 aromatic rings. The second-order valence-electron chi connectivity index (χ2n) is 6.41. The van der Waals surface area contributed by atoms with Gasteiger partial charge in [0.1, 0.15) is 5.69 Å². The van der Waals surface area contributed by atoms with E-state index in [2.05, 4.69) is 20.3 Å². The van der Waals surface area contributed by atoms with Crippen molar-refractivity contribution in [3.8, 4) is 11.1 Å². The van der Waals surface area contributed by atoms with Gasteiger partial charge in [0, 0.05) is 30.2 Å². The molecule has 2 heterocycles. The number of aliphatic carboxylic acids is 1. The fraction of sp³-hybridized carbons (Fsp3) is 0.200. The highest BCUT2D eigenvalue weighted by Gasteiger charge is 2.32. The zero-order valence-electron chi connectivity index (χ0n) is 15.4. The molecule has 0 radical (unpaired) electrons. The number of nitrogens with one attached hydrogen (secondary N) is 1. The van der Waals surface area contributed by atoms with Gasteiger partial charge in [-0.05, 0) is 53.9 Å². The van der Waals surface area contributed by atoms with Crippen LogP contribution in [0.5, 0.6) is 0 Å². The molecule has 150 valence electrons. The van der Waals surface area contributed by atoms with E-state index in [1.807, 2.05) is 13.0 Å². The Hall–Kier alpha value is -3.49. The van der Waals surface area contributed by atoms with Crippen LogP contribution in [0.1, 0.15) is 23.4 Å². The zero-order chi connectivity index (χ0) is 21.0. The van der Waals surface area contributed by atoms with E-state index in [4.69, 9.17) is 5.11 Å². The Bertz CT molecular complexity index is 1040. The smallest absolute Gasteiger partial charge is 0.433 e. The number of carboxylic acid groups (broad SMARTS) is 1. The first-order valence-corrected chi connectivity index (χ1v) is 8.67. The zero-order valence-corrected chi connectivity index (χ0v) is 15.4. The minimum Gasteiger partial charge on any atom is -0.481 e. The molecule has 0 spiro atoms. The maximum Gasteiger partial charge on any atom is 0.433 e. The van der Waals surface area contributed by atoms with Gasteiger partial charge in [0.15, 0.2) is 0 Å². The lowest BCUT2D eigenvalue weighted by atomic mass is 10.0. The number of pyridine rings is 1. The predicted octanol–water partition coefficient (Wildman–Crippen LogP) is 4.63. The average molecular weight is 402 g/mol. The van der Waals surface area contributed by atoms with Crippen LogP contribution in [0.3, 0.4) is 0 Å². The number of hydrogen-bond donors (Lipinski definition) is 2. The van der Waals surface area contributed by atoms with E-state index < -0.39 is 17.8 Å². The van der Waals surface area contributed by atoms with E-state index in [9.17, 15) is 18.0 Å². The Morgan fingerprint density at radius 3 is 2.55 bits per heavy atom. The number of halogens is 3. The summed E-state index contributed by atoms with van der Waals surface area (Å²) in [5.41, 5.74) is 2.64. The SMILES string of the molecule is Cc1cc(Nc2nccc(C(F)(F)F)n2)cc(-c2ccnc(CCC(=O)O)c2)c1. The van der Waals surface area contributed by atoms with Gasteiger partial charge in [-0.25, -0.2) is 9.97 Å². The van der Waals surface area contributed by atoms with E-state index in [-0.39, 0.29) is 12.4 Å². The molecule has 0 atom stereocenters. The summed E-state index contributed by atoms with van der Waals surface area (Å²) in [6, 6.07) is 9.81. The van der Waals surface area contributed by atoms with Gasteiger partial charge in [0.05, 0.1) is 6.42 Å². The first-order valence-electron chi connectivity index (χ1n) is 8.67. The van der Waals surface area contributed by atoms with Gasteiger partial charge >= 0.3 is 12.1 Å². The van der Waals surface area contributed by atoms with Gasteiger partial charge in [0.2, 0.25) is 5.95 Å². The molecule has 9 heteroatoms. The summed E-state index contributed by atoms with van der Waals surface area (Å²) in [5, 5.41) is 11.6.